The Morgan fingerprint density at radius 1 is 1.35 bits per heavy atom. The zero-order valence-corrected chi connectivity index (χ0v) is 12.2. The molecule has 0 bridgehead atoms. The molecular formula is C13H27ClN2O. The molecule has 102 valence electrons. The van der Waals surface area contributed by atoms with Crippen LogP contribution in [0.1, 0.15) is 52.4 Å². The Hall–Kier alpha value is -0.280. The van der Waals surface area contributed by atoms with Gasteiger partial charge >= 0.3 is 0 Å². The minimum Gasteiger partial charge on any atom is -0.353 e. The third kappa shape index (κ3) is 5.73. The van der Waals surface area contributed by atoms with Crippen LogP contribution in [0.2, 0.25) is 0 Å². The van der Waals surface area contributed by atoms with Crippen LogP contribution >= 0.6 is 12.4 Å². The van der Waals surface area contributed by atoms with E-state index in [0.717, 1.165) is 19.4 Å². The van der Waals surface area contributed by atoms with Crippen LogP contribution in [0.15, 0.2) is 0 Å². The van der Waals surface area contributed by atoms with E-state index in [2.05, 4.69) is 24.5 Å². The van der Waals surface area contributed by atoms with Crippen molar-refractivity contribution in [2.45, 2.75) is 58.4 Å². The molecule has 2 N–H and O–H groups in total. The Kier molecular flexibility index (Phi) is 7.80. The van der Waals surface area contributed by atoms with Gasteiger partial charge in [0.2, 0.25) is 5.91 Å². The van der Waals surface area contributed by atoms with Crippen molar-refractivity contribution in [1.29, 1.82) is 0 Å². The van der Waals surface area contributed by atoms with Crippen LogP contribution in [-0.2, 0) is 4.79 Å². The molecule has 0 saturated heterocycles. The molecule has 0 heterocycles. The van der Waals surface area contributed by atoms with Gasteiger partial charge in [-0.15, -0.1) is 12.4 Å². The predicted octanol–water partition coefficient (Wildman–Crippen LogP) is 2.49. The molecule has 1 aliphatic carbocycles. The highest BCUT2D eigenvalue weighted by Crippen LogP contribution is 2.35. The smallest absolute Gasteiger partial charge is 0.220 e. The average molecular weight is 263 g/mol. The Morgan fingerprint density at radius 2 is 2.06 bits per heavy atom. The van der Waals surface area contributed by atoms with E-state index in [1.807, 2.05) is 7.05 Å². The molecule has 3 nitrogen and oxygen atoms in total. The van der Waals surface area contributed by atoms with Crippen LogP contribution in [0.4, 0.5) is 0 Å². The molecule has 0 aromatic rings. The summed E-state index contributed by atoms with van der Waals surface area (Å²) in [5.74, 6) is 0.218. The summed E-state index contributed by atoms with van der Waals surface area (Å²) in [6.07, 6.45) is 6.51. The maximum absolute atomic E-state index is 11.7. The fourth-order valence-corrected chi connectivity index (χ4v) is 2.45. The first-order valence-electron chi connectivity index (χ1n) is 6.50. The van der Waals surface area contributed by atoms with E-state index in [9.17, 15) is 4.79 Å². The van der Waals surface area contributed by atoms with Gasteiger partial charge < -0.3 is 10.6 Å². The van der Waals surface area contributed by atoms with Crippen molar-refractivity contribution in [2.24, 2.45) is 5.41 Å². The molecular weight excluding hydrogens is 236 g/mol. The Balaban J connectivity index is 0.00000256. The van der Waals surface area contributed by atoms with Gasteiger partial charge in [0, 0.05) is 12.5 Å². The minimum atomic E-state index is 0. The maximum Gasteiger partial charge on any atom is 0.220 e. The summed E-state index contributed by atoms with van der Waals surface area (Å²) in [5.41, 5.74) is 0.275. The minimum absolute atomic E-state index is 0. The molecule has 1 saturated carbocycles. The van der Waals surface area contributed by atoms with Crippen molar-refractivity contribution in [3.05, 3.63) is 0 Å². The van der Waals surface area contributed by atoms with Crippen molar-refractivity contribution < 1.29 is 4.79 Å². The highest BCUT2D eigenvalue weighted by molar-refractivity contribution is 5.85. The molecule has 1 aliphatic rings. The highest BCUT2D eigenvalue weighted by Gasteiger charge is 2.32. The average Bonchev–Trinajstić information content (AvgIpc) is 2.21. The molecule has 1 rings (SSSR count). The van der Waals surface area contributed by atoms with Gasteiger partial charge in [-0.25, -0.2) is 0 Å². The van der Waals surface area contributed by atoms with E-state index in [1.165, 1.54) is 19.3 Å². The van der Waals surface area contributed by atoms with Gasteiger partial charge in [0.1, 0.15) is 0 Å². The third-order valence-corrected chi connectivity index (χ3v) is 3.67. The number of amides is 1. The van der Waals surface area contributed by atoms with Gasteiger partial charge in [0.15, 0.2) is 0 Å². The molecule has 0 aromatic heterocycles. The Morgan fingerprint density at radius 3 is 2.65 bits per heavy atom. The topological polar surface area (TPSA) is 41.1 Å². The van der Waals surface area contributed by atoms with Crippen LogP contribution in [0.25, 0.3) is 0 Å². The van der Waals surface area contributed by atoms with Gasteiger partial charge in [-0.1, -0.05) is 26.7 Å². The number of carbonyl (C=O) groups excluding carboxylic acids is 1. The number of rotatable bonds is 5. The summed E-state index contributed by atoms with van der Waals surface area (Å²) in [6, 6.07) is 0.378. The van der Waals surface area contributed by atoms with Crippen molar-refractivity contribution in [3.8, 4) is 0 Å². The van der Waals surface area contributed by atoms with E-state index < -0.39 is 0 Å². The summed E-state index contributed by atoms with van der Waals surface area (Å²) in [6.45, 7) is 5.46. The van der Waals surface area contributed by atoms with Crippen LogP contribution < -0.4 is 10.6 Å². The van der Waals surface area contributed by atoms with E-state index in [1.54, 1.807) is 0 Å². The fourth-order valence-electron chi connectivity index (χ4n) is 2.45. The largest absolute Gasteiger partial charge is 0.353 e. The number of hydrogen-bond acceptors (Lipinski definition) is 2. The van der Waals surface area contributed by atoms with Crippen molar-refractivity contribution in [3.63, 3.8) is 0 Å². The summed E-state index contributed by atoms with van der Waals surface area (Å²) in [5, 5.41) is 6.26. The van der Waals surface area contributed by atoms with E-state index in [4.69, 9.17) is 0 Å². The molecule has 1 atom stereocenters. The first-order chi connectivity index (χ1) is 7.56. The summed E-state index contributed by atoms with van der Waals surface area (Å²) in [4.78, 5) is 11.7. The van der Waals surface area contributed by atoms with Gasteiger partial charge in [-0.3, -0.25) is 4.79 Å². The van der Waals surface area contributed by atoms with Gasteiger partial charge in [-0.2, -0.15) is 0 Å². The SMILES string of the molecule is CNCCCC(=O)NC1CCCCC1(C)C.Cl. The molecule has 1 amide bonds. The lowest BCUT2D eigenvalue weighted by atomic mass is 9.73. The Labute approximate surface area is 112 Å². The Bertz CT molecular complexity index is 231. The zero-order chi connectivity index (χ0) is 12.0. The van der Waals surface area contributed by atoms with Crippen LogP contribution in [-0.4, -0.2) is 25.5 Å². The van der Waals surface area contributed by atoms with E-state index >= 15 is 0 Å². The first-order valence-corrected chi connectivity index (χ1v) is 6.50. The van der Waals surface area contributed by atoms with Crippen LogP contribution in [0.3, 0.4) is 0 Å². The number of carbonyl (C=O) groups is 1. The van der Waals surface area contributed by atoms with Crippen molar-refractivity contribution in [2.75, 3.05) is 13.6 Å². The van der Waals surface area contributed by atoms with Gasteiger partial charge in [0.25, 0.3) is 0 Å². The lowest BCUT2D eigenvalue weighted by molar-refractivity contribution is -0.123. The number of halogens is 1. The first kappa shape index (κ1) is 16.7. The van der Waals surface area contributed by atoms with Crippen LogP contribution in [0, 0.1) is 5.41 Å². The lowest BCUT2D eigenvalue weighted by Crippen LogP contribution is -2.46. The number of hydrogen-bond donors (Lipinski definition) is 2. The van der Waals surface area contributed by atoms with Crippen LogP contribution in [0.5, 0.6) is 0 Å². The molecule has 0 aromatic carbocycles. The normalized spacial score (nSPS) is 22.6. The lowest BCUT2D eigenvalue weighted by Gasteiger charge is -2.39. The second-order valence-corrected chi connectivity index (χ2v) is 5.56. The summed E-state index contributed by atoms with van der Waals surface area (Å²) >= 11 is 0. The van der Waals surface area contributed by atoms with E-state index in [-0.39, 0.29) is 23.7 Å². The highest BCUT2D eigenvalue weighted by atomic mass is 35.5. The monoisotopic (exact) mass is 262 g/mol. The standard InChI is InChI=1S/C13H26N2O.ClH/c1-13(2)9-5-4-7-11(13)15-12(16)8-6-10-14-3;/h11,14H,4-10H2,1-3H3,(H,15,16);1H. The number of nitrogens with one attached hydrogen (secondary N) is 2. The van der Waals surface area contributed by atoms with Crippen molar-refractivity contribution in [1.82, 2.24) is 10.6 Å². The summed E-state index contributed by atoms with van der Waals surface area (Å²) < 4.78 is 0. The second-order valence-electron chi connectivity index (χ2n) is 5.56. The van der Waals surface area contributed by atoms with Gasteiger partial charge in [0.05, 0.1) is 0 Å². The molecule has 1 fully saturated rings. The molecule has 0 spiro atoms. The molecule has 4 heteroatoms. The zero-order valence-electron chi connectivity index (χ0n) is 11.3. The van der Waals surface area contributed by atoms with Gasteiger partial charge in [-0.05, 0) is 38.3 Å². The molecule has 17 heavy (non-hydrogen) atoms. The molecule has 0 radical (unpaired) electrons. The predicted molar refractivity (Wildman–Crippen MR) is 74.6 cm³/mol. The van der Waals surface area contributed by atoms with Crippen molar-refractivity contribution >= 4 is 18.3 Å². The second kappa shape index (κ2) is 7.93. The maximum atomic E-state index is 11.7. The molecule has 1 unspecified atom stereocenters. The van der Waals surface area contributed by atoms with E-state index in [0.29, 0.717) is 12.5 Å². The summed E-state index contributed by atoms with van der Waals surface area (Å²) in [7, 11) is 1.92. The quantitative estimate of drug-likeness (QED) is 0.748. The fraction of sp³-hybridized carbons (Fsp3) is 0.923. The third-order valence-electron chi connectivity index (χ3n) is 3.67. The molecule has 0 aliphatic heterocycles.